The third-order valence-corrected chi connectivity index (χ3v) is 6.76. The molecule has 1 aromatic heterocycles. The van der Waals surface area contributed by atoms with Crippen LogP contribution in [0.4, 0.5) is 24.7 Å². The number of nitrogens with zero attached hydrogens (tertiary/aromatic N) is 3. The van der Waals surface area contributed by atoms with Crippen molar-refractivity contribution in [2.24, 2.45) is 0 Å². The summed E-state index contributed by atoms with van der Waals surface area (Å²) in [6, 6.07) is 15.8. The Balaban J connectivity index is 1.64. The van der Waals surface area contributed by atoms with Crippen LogP contribution in [0.15, 0.2) is 60.7 Å². The van der Waals surface area contributed by atoms with Gasteiger partial charge in [0.05, 0.1) is 27.7 Å². The number of rotatable bonds is 4. The summed E-state index contributed by atoms with van der Waals surface area (Å²) in [5.41, 5.74) is 7.50. The maximum absolute atomic E-state index is 14.0. The fraction of sp³-hybridized carbons (Fsp3) is 0.241. The summed E-state index contributed by atoms with van der Waals surface area (Å²) < 4.78 is 42.0. The number of hydrogen-bond donors (Lipinski definition) is 3. The number of aromatic nitrogens is 2. The van der Waals surface area contributed by atoms with E-state index in [-0.39, 0.29) is 18.1 Å². The van der Waals surface area contributed by atoms with E-state index in [9.17, 15) is 18.0 Å². The number of carbonyl (C=O) groups excluding carboxylic acids is 1. The Hall–Kier alpha value is -4.33. The van der Waals surface area contributed by atoms with Gasteiger partial charge in [0.15, 0.2) is 5.82 Å². The molecule has 4 N–H and O–H groups in total. The Morgan fingerprint density at radius 3 is 2.51 bits per heavy atom. The van der Waals surface area contributed by atoms with E-state index >= 15 is 0 Å². The van der Waals surface area contributed by atoms with Gasteiger partial charge >= 0.3 is 6.18 Å². The molecule has 0 saturated carbocycles. The minimum absolute atomic E-state index is 0.00245. The van der Waals surface area contributed by atoms with Crippen LogP contribution in [0.5, 0.6) is 0 Å². The predicted octanol–water partition coefficient (Wildman–Crippen LogP) is 4.56. The summed E-state index contributed by atoms with van der Waals surface area (Å²) in [6.07, 6.45) is -4.61. The van der Waals surface area contributed by atoms with Crippen LogP contribution in [-0.4, -0.2) is 59.1 Å². The van der Waals surface area contributed by atoms with Crippen LogP contribution in [0.2, 0.25) is 0 Å². The van der Waals surface area contributed by atoms with Crippen LogP contribution in [0.1, 0.15) is 32.6 Å². The van der Waals surface area contributed by atoms with Crippen LogP contribution in [0.25, 0.3) is 10.9 Å². The number of benzene rings is 3. The van der Waals surface area contributed by atoms with Crippen LogP contribution in [0.3, 0.4) is 0 Å². The summed E-state index contributed by atoms with van der Waals surface area (Å²) in [5.74, 6) is 5.90. The number of anilines is 2. The number of nitrogen functional groups attached to an aromatic ring is 1. The third-order valence-electron chi connectivity index (χ3n) is 6.76. The molecule has 39 heavy (non-hydrogen) atoms. The lowest BCUT2D eigenvalue weighted by Gasteiger charge is -2.32. The molecule has 7 nitrogen and oxygen atoms in total. The third kappa shape index (κ3) is 5.90. The first kappa shape index (κ1) is 26.3. The Morgan fingerprint density at radius 1 is 1.05 bits per heavy atom. The largest absolute Gasteiger partial charge is 0.416 e. The topological polar surface area (TPSA) is 90.3 Å². The highest BCUT2D eigenvalue weighted by atomic mass is 19.4. The van der Waals surface area contributed by atoms with Gasteiger partial charge in [-0.25, -0.2) is 0 Å². The second kappa shape index (κ2) is 10.8. The zero-order valence-corrected chi connectivity index (χ0v) is 21.3. The van der Waals surface area contributed by atoms with Crippen molar-refractivity contribution in [1.29, 1.82) is 0 Å². The molecule has 200 valence electrons. The van der Waals surface area contributed by atoms with Crippen molar-refractivity contribution in [2.75, 3.05) is 44.3 Å². The number of amides is 1. The molecule has 0 unspecified atom stereocenters. The second-order valence-corrected chi connectivity index (χ2v) is 9.54. The minimum Gasteiger partial charge on any atom is -0.382 e. The Labute approximate surface area is 223 Å². The van der Waals surface area contributed by atoms with Crippen molar-refractivity contribution in [2.45, 2.75) is 12.7 Å². The van der Waals surface area contributed by atoms with Crippen molar-refractivity contribution in [3.63, 3.8) is 0 Å². The van der Waals surface area contributed by atoms with Gasteiger partial charge in [0.2, 0.25) is 0 Å². The van der Waals surface area contributed by atoms with Gasteiger partial charge in [-0.3, -0.25) is 14.8 Å². The Bertz CT molecular complexity index is 1560. The lowest BCUT2D eigenvalue weighted by Crippen LogP contribution is -2.44. The lowest BCUT2D eigenvalue weighted by atomic mass is 9.99. The number of fused-ring (bicyclic) bond motifs is 1. The summed E-state index contributed by atoms with van der Waals surface area (Å²) in [7, 11) is 2.01. The Morgan fingerprint density at radius 2 is 1.79 bits per heavy atom. The van der Waals surface area contributed by atoms with Gasteiger partial charge in [0.1, 0.15) is 0 Å². The molecule has 0 aliphatic carbocycles. The van der Waals surface area contributed by atoms with E-state index in [0.29, 0.717) is 46.2 Å². The van der Waals surface area contributed by atoms with E-state index in [2.05, 4.69) is 37.2 Å². The van der Waals surface area contributed by atoms with E-state index in [1.165, 1.54) is 0 Å². The molecular weight excluding hydrogens is 505 g/mol. The van der Waals surface area contributed by atoms with Crippen LogP contribution in [-0.2, 0) is 12.7 Å². The average molecular weight is 533 g/mol. The van der Waals surface area contributed by atoms with E-state index in [4.69, 9.17) is 5.73 Å². The number of H-pyrrole nitrogens is 1. The normalized spacial score (nSPS) is 14.7. The van der Waals surface area contributed by atoms with Crippen LogP contribution in [0, 0.1) is 11.8 Å². The van der Waals surface area contributed by atoms with Gasteiger partial charge in [0, 0.05) is 43.9 Å². The SMILES string of the molecule is CN1CCN(Cc2cc(C(F)(F)F)cc(NC(=O)c3ccccc3)c2C#Cc2cccc3[nH]nc(N)c23)CC1. The molecule has 1 aliphatic heterocycles. The number of nitrogens with two attached hydrogens (primary N) is 1. The summed E-state index contributed by atoms with van der Waals surface area (Å²) in [5, 5.41) is 10.2. The molecule has 0 bridgehead atoms. The maximum atomic E-state index is 14.0. The fourth-order valence-electron chi connectivity index (χ4n) is 4.60. The van der Waals surface area contributed by atoms with Gasteiger partial charge in [-0.1, -0.05) is 36.1 Å². The highest BCUT2D eigenvalue weighted by Crippen LogP contribution is 2.35. The molecule has 0 atom stereocenters. The zero-order chi connectivity index (χ0) is 27.6. The van der Waals surface area contributed by atoms with E-state index in [1.807, 2.05) is 13.1 Å². The van der Waals surface area contributed by atoms with Crippen molar-refractivity contribution in [3.8, 4) is 11.8 Å². The maximum Gasteiger partial charge on any atom is 0.416 e. The molecule has 1 saturated heterocycles. The highest BCUT2D eigenvalue weighted by molar-refractivity contribution is 6.05. The summed E-state index contributed by atoms with van der Waals surface area (Å²) in [6.45, 7) is 3.28. The zero-order valence-electron chi connectivity index (χ0n) is 21.3. The van der Waals surface area contributed by atoms with Crippen molar-refractivity contribution in [1.82, 2.24) is 20.0 Å². The number of likely N-dealkylation sites (N-methyl/N-ethyl adjacent to an activating group) is 1. The molecule has 1 fully saturated rings. The van der Waals surface area contributed by atoms with E-state index in [0.717, 1.165) is 25.2 Å². The number of alkyl halides is 3. The second-order valence-electron chi connectivity index (χ2n) is 9.54. The molecule has 0 radical (unpaired) electrons. The van der Waals surface area contributed by atoms with Gasteiger partial charge in [0.25, 0.3) is 5.91 Å². The van der Waals surface area contributed by atoms with Gasteiger partial charge in [-0.05, 0) is 49.0 Å². The number of carbonyl (C=O) groups is 1. The number of aromatic amines is 1. The van der Waals surface area contributed by atoms with Crippen LogP contribution >= 0.6 is 0 Å². The molecule has 5 rings (SSSR count). The van der Waals surface area contributed by atoms with Gasteiger partial charge < -0.3 is 16.0 Å². The first-order valence-corrected chi connectivity index (χ1v) is 12.4. The lowest BCUT2D eigenvalue weighted by molar-refractivity contribution is -0.137. The monoisotopic (exact) mass is 532 g/mol. The first-order chi connectivity index (χ1) is 18.7. The highest BCUT2D eigenvalue weighted by Gasteiger charge is 2.33. The quantitative estimate of drug-likeness (QED) is 0.335. The molecule has 3 aromatic carbocycles. The standard InChI is InChI=1S/C29H27F3N6O/c1-37-12-14-38(15-13-37)18-21-16-22(29(30,31)32)17-25(34-28(39)20-6-3-2-4-7-20)23(21)11-10-19-8-5-9-24-26(19)27(33)36-35-24/h2-9,16-17H,12-15,18H2,1H3,(H,34,39)(H3,33,35,36). The Kier molecular flexibility index (Phi) is 7.28. The van der Waals surface area contributed by atoms with Gasteiger partial charge in [-0.15, -0.1) is 0 Å². The first-order valence-electron chi connectivity index (χ1n) is 12.4. The van der Waals surface area contributed by atoms with Gasteiger partial charge in [-0.2, -0.15) is 18.3 Å². The van der Waals surface area contributed by atoms with Crippen molar-refractivity contribution < 1.29 is 18.0 Å². The van der Waals surface area contributed by atoms with E-state index in [1.54, 1.807) is 42.5 Å². The molecule has 1 aliphatic rings. The molecular formula is C29H27F3N6O. The van der Waals surface area contributed by atoms with E-state index < -0.39 is 17.6 Å². The number of halogens is 3. The molecule has 0 spiro atoms. The van der Waals surface area contributed by atoms with Crippen molar-refractivity contribution >= 4 is 28.3 Å². The summed E-state index contributed by atoms with van der Waals surface area (Å²) >= 11 is 0. The number of hydrogen-bond acceptors (Lipinski definition) is 5. The molecule has 4 aromatic rings. The van der Waals surface area contributed by atoms with Crippen LogP contribution < -0.4 is 11.1 Å². The molecule has 10 heteroatoms. The number of piperazine rings is 1. The molecule has 1 amide bonds. The minimum atomic E-state index is -4.61. The average Bonchev–Trinajstić information content (AvgIpc) is 3.30. The number of nitrogens with one attached hydrogen (secondary N) is 2. The smallest absolute Gasteiger partial charge is 0.382 e. The predicted molar refractivity (Wildman–Crippen MR) is 145 cm³/mol. The molecule has 2 heterocycles. The fourth-order valence-corrected chi connectivity index (χ4v) is 4.60. The summed E-state index contributed by atoms with van der Waals surface area (Å²) in [4.78, 5) is 17.3. The van der Waals surface area contributed by atoms with Crippen molar-refractivity contribution in [3.05, 3.63) is 88.5 Å².